The van der Waals surface area contributed by atoms with E-state index in [0.29, 0.717) is 0 Å². The number of rotatable bonds is 3. The summed E-state index contributed by atoms with van der Waals surface area (Å²) in [7, 11) is -0.355. The predicted molar refractivity (Wildman–Crippen MR) is 170 cm³/mol. The molecule has 4 heteroatoms. The van der Waals surface area contributed by atoms with Crippen molar-refractivity contribution < 1.29 is 9.31 Å². The second-order valence-corrected chi connectivity index (χ2v) is 14.1. The van der Waals surface area contributed by atoms with Crippen molar-refractivity contribution >= 4 is 34.4 Å². The van der Waals surface area contributed by atoms with Gasteiger partial charge in [-0.15, -0.1) is 0 Å². The maximum absolute atomic E-state index is 6.29. The molecular weight excluding hydrogens is 477 g/mol. The fourth-order valence-electron chi connectivity index (χ4n) is 5.30. The first-order valence-electron chi connectivity index (χ1n) is 14.6. The lowest BCUT2D eigenvalue weighted by atomic mass is 9.79. The van der Waals surface area contributed by atoms with Crippen molar-refractivity contribution in [1.29, 1.82) is 0 Å². The molecule has 0 aliphatic carbocycles. The van der Waals surface area contributed by atoms with Gasteiger partial charge in [0.15, 0.2) is 0 Å². The summed E-state index contributed by atoms with van der Waals surface area (Å²) in [6, 6.07) is 22.7. The van der Waals surface area contributed by atoms with Gasteiger partial charge in [0, 0.05) is 16.5 Å². The SMILES string of the molecule is CC.CC(C)(C)Cc1ccc2c(c1)c1cc(C(C)(C)C)ccc1n2-c1ccc(B2OC(C)(C)C(C)(C)O2)cc1. The molecule has 2 heterocycles. The van der Waals surface area contributed by atoms with Crippen LogP contribution >= 0.6 is 0 Å². The molecular formula is C35H48BNO2. The molecule has 0 atom stereocenters. The van der Waals surface area contributed by atoms with E-state index >= 15 is 0 Å². The summed E-state index contributed by atoms with van der Waals surface area (Å²) in [6.45, 7) is 26.2. The van der Waals surface area contributed by atoms with Crippen molar-refractivity contribution in [2.75, 3.05) is 0 Å². The first-order chi connectivity index (χ1) is 18.1. The summed E-state index contributed by atoms with van der Waals surface area (Å²) in [5, 5.41) is 2.63. The van der Waals surface area contributed by atoms with Gasteiger partial charge in [-0.25, -0.2) is 0 Å². The van der Waals surface area contributed by atoms with E-state index in [9.17, 15) is 0 Å². The third-order valence-corrected chi connectivity index (χ3v) is 8.11. The number of aromatic nitrogens is 1. The summed E-state index contributed by atoms with van der Waals surface area (Å²) in [6.07, 6.45) is 1.05. The molecule has 3 aromatic carbocycles. The van der Waals surface area contributed by atoms with Crippen LogP contribution in [-0.2, 0) is 21.1 Å². The minimum atomic E-state index is -0.355. The molecule has 0 spiro atoms. The summed E-state index contributed by atoms with van der Waals surface area (Å²) in [5.74, 6) is 0. The quantitative estimate of drug-likeness (QED) is 0.249. The summed E-state index contributed by atoms with van der Waals surface area (Å²) in [4.78, 5) is 0. The molecule has 0 radical (unpaired) electrons. The van der Waals surface area contributed by atoms with Gasteiger partial charge in [-0.2, -0.15) is 0 Å². The van der Waals surface area contributed by atoms with Gasteiger partial charge in [-0.1, -0.05) is 79.7 Å². The highest BCUT2D eigenvalue weighted by molar-refractivity contribution is 6.62. The Labute approximate surface area is 237 Å². The van der Waals surface area contributed by atoms with Gasteiger partial charge in [-0.3, -0.25) is 0 Å². The van der Waals surface area contributed by atoms with Crippen molar-refractivity contribution in [3.63, 3.8) is 0 Å². The van der Waals surface area contributed by atoms with Crippen LogP contribution < -0.4 is 5.46 Å². The number of nitrogens with zero attached hydrogens (tertiary/aromatic N) is 1. The van der Waals surface area contributed by atoms with Crippen molar-refractivity contribution in [3.05, 3.63) is 71.8 Å². The molecule has 1 aromatic heterocycles. The van der Waals surface area contributed by atoms with E-state index in [1.807, 2.05) is 13.8 Å². The largest absolute Gasteiger partial charge is 0.494 e. The van der Waals surface area contributed by atoms with Crippen LogP contribution in [0.5, 0.6) is 0 Å². The monoisotopic (exact) mass is 525 g/mol. The van der Waals surface area contributed by atoms with E-state index in [1.165, 1.54) is 32.9 Å². The van der Waals surface area contributed by atoms with E-state index in [2.05, 4.69) is 134 Å². The van der Waals surface area contributed by atoms with Gasteiger partial charge < -0.3 is 13.9 Å². The van der Waals surface area contributed by atoms with Gasteiger partial charge >= 0.3 is 7.12 Å². The van der Waals surface area contributed by atoms with Crippen molar-refractivity contribution in [2.45, 2.75) is 106 Å². The average molecular weight is 526 g/mol. The standard InChI is InChI=1S/C33H42BNO2.C2H6/c1-30(2,3)21-22-11-17-28-26(19-22)27-20-23(31(4,5)6)12-18-29(27)35(28)25-15-13-24(14-16-25)34-36-32(7,8)33(9,10)37-34;1-2/h11-20H,21H2,1-10H3;1-2H3. The fourth-order valence-corrected chi connectivity index (χ4v) is 5.30. The lowest BCUT2D eigenvalue weighted by Gasteiger charge is -2.32. The van der Waals surface area contributed by atoms with Gasteiger partial charge in [0.05, 0.1) is 22.2 Å². The normalized spacial score (nSPS) is 17.0. The lowest BCUT2D eigenvalue weighted by molar-refractivity contribution is 0.00578. The number of hydrogen-bond donors (Lipinski definition) is 0. The van der Waals surface area contributed by atoms with Crippen molar-refractivity contribution in [3.8, 4) is 5.69 Å². The second-order valence-electron chi connectivity index (χ2n) is 14.1. The Balaban J connectivity index is 0.00000172. The topological polar surface area (TPSA) is 23.4 Å². The Morgan fingerprint density at radius 2 is 1.21 bits per heavy atom. The van der Waals surface area contributed by atoms with E-state index < -0.39 is 0 Å². The zero-order chi connectivity index (χ0) is 29.0. The average Bonchev–Trinajstić information content (AvgIpc) is 3.27. The van der Waals surface area contributed by atoms with E-state index in [0.717, 1.165) is 17.6 Å². The fraction of sp³-hybridized carbons (Fsp3) is 0.486. The second kappa shape index (κ2) is 10.1. The highest BCUT2D eigenvalue weighted by atomic mass is 16.7. The Kier molecular flexibility index (Phi) is 7.64. The highest BCUT2D eigenvalue weighted by Gasteiger charge is 2.51. The molecule has 0 saturated carbocycles. The number of fused-ring (bicyclic) bond motifs is 3. The van der Waals surface area contributed by atoms with Crippen LogP contribution in [0.15, 0.2) is 60.7 Å². The Morgan fingerprint density at radius 3 is 1.72 bits per heavy atom. The summed E-state index contributed by atoms with van der Waals surface area (Å²) < 4.78 is 15.0. The lowest BCUT2D eigenvalue weighted by Crippen LogP contribution is -2.41. The van der Waals surface area contributed by atoms with Crippen LogP contribution in [0.3, 0.4) is 0 Å². The van der Waals surface area contributed by atoms with Gasteiger partial charge in [-0.05, 0) is 97.9 Å². The summed E-state index contributed by atoms with van der Waals surface area (Å²) >= 11 is 0. The zero-order valence-corrected chi connectivity index (χ0v) is 26.3. The third kappa shape index (κ3) is 5.69. The Hall–Kier alpha value is -2.56. The predicted octanol–water partition coefficient (Wildman–Crippen LogP) is 9.00. The summed E-state index contributed by atoms with van der Waals surface area (Å²) in [5.41, 5.74) is 7.05. The maximum Gasteiger partial charge on any atom is 0.494 e. The van der Waals surface area contributed by atoms with Crippen LogP contribution in [0.4, 0.5) is 0 Å². The molecule has 1 saturated heterocycles. The zero-order valence-electron chi connectivity index (χ0n) is 26.3. The smallest absolute Gasteiger partial charge is 0.399 e. The molecule has 0 amide bonds. The minimum Gasteiger partial charge on any atom is -0.399 e. The Bertz CT molecular complexity index is 1450. The molecule has 0 unspecified atom stereocenters. The number of hydrogen-bond acceptors (Lipinski definition) is 2. The molecule has 208 valence electrons. The van der Waals surface area contributed by atoms with Crippen LogP contribution in [0.2, 0.25) is 0 Å². The van der Waals surface area contributed by atoms with Crippen LogP contribution in [0, 0.1) is 5.41 Å². The van der Waals surface area contributed by atoms with Gasteiger partial charge in [0.2, 0.25) is 0 Å². The molecule has 0 bridgehead atoms. The first kappa shape index (κ1) is 29.4. The molecule has 3 nitrogen and oxygen atoms in total. The molecule has 5 rings (SSSR count). The maximum atomic E-state index is 6.29. The van der Waals surface area contributed by atoms with Crippen LogP contribution in [0.1, 0.15) is 94.2 Å². The van der Waals surface area contributed by atoms with Crippen LogP contribution in [-0.4, -0.2) is 22.9 Å². The highest BCUT2D eigenvalue weighted by Crippen LogP contribution is 2.38. The van der Waals surface area contributed by atoms with E-state index in [1.54, 1.807) is 0 Å². The third-order valence-electron chi connectivity index (χ3n) is 8.11. The van der Waals surface area contributed by atoms with Gasteiger partial charge in [0.1, 0.15) is 0 Å². The van der Waals surface area contributed by atoms with Crippen LogP contribution in [0.25, 0.3) is 27.5 Å². The minimum absolute atomic E-state index is 0.0934. The molecule has 39 heavy (non-hydrogen) atoms. The van der Waals surface area contributed by atoms with E-state index in [-0.39, 0.29) is 29.2 Å². The number of benzene rings is 3. The molecule has 1 aliphatic heterocycles. The molecule has 4 aromatic rings. The molecule has 1 fully saturated rings. The Morgan fingerprint density at radius 1 is 0.692 bits per heavy atom. The first-order valence-corrected chi connectivity index (χ1v) is 14.6. The van der Waals surface area contributed by atoms with Gasteiger partial charge in [0.25, 0.3) is 0 Å². The van der Waals surface area contributed by atoms with Crippen molar-refractivity contribution in [2.24, 2.45) is 5.41 Å². The molecule has 1 aliphatic rings. The van der Waals surface area contributed by atoms with Crippen molar-refractivity contribution in [1.82, 2.24) is 4.57 Å². The van der Waals surface area contributed by atoms with E-state index in [4.69, 9.17) is 9.31 Å². The molecule has 0 N–H and O–H groups in total.